The molecular weight excluding hydrogens is 224 g/mol. The highest BCUT2D eigenvalue weighted by atomic mass is 16.3. The van der Waals surface area contributed by atoms with Gasteiger partial charge >= 0.3 is 0 Å². The van der Waals surface area contributed by atoms with Crippen LogP contribution in [0.1, 0.15) is 39.0 Å². The Bertz CT molecular complexity index is 363. The summed E-state index contributed by atoms with van der Waals surface area (Å²) < 4.78 is 5.59. The van der Waals surface area contributed by atoms with Gasteiger partial charge in [0.2, 0.25) is 0 Å². The van der Waals surface area contributed by atoms with Gasteiger partial charge in [0.05, 0.1) is 12.8 Å². The van der Waals surface area contributed by atoms with Crippen LogP contribution in [0.3, 0.4) is 0 Å². The van der Waals surface area contributed by atoms with Crippen molar-refractivity contribution in [2.24, 2.45) is 0 Å². The fraction of sp³-hybridized carbons (Fsp3) is 0.600. The van der Waals surface area contributed by atoms with Crippen molar-refractivity contribution in [2.75, 3.05) is 13.1 Å². The summed E-state index contributed by atoms with van der Waals surface area (Å²) >= 11 is 0. The van der Waals surface area contributed by atoms with Crippen LogP contribution in [-0.4, -0.2) is 23.5 Å². The van der Waals surface area contributed by atoms with Crippen LogP contribution >= 0.6 is 0 Å². The van der Waals surface area contributed by atoms with Gasteiger partial charge in [0, 0.05) is 24.2 Å². The highest BCUT2D eigenvalue weighted by Gasteiger charge is 2.13. The first-order valence-electron chi connectivity index (χ1n) is 6.59. The molecule has 1 aromatic heterocycles. The van der Waals surface area contributed by atoms with Crippen LogP contribution in [0.4, 0.5) is 0 Å². The summed E-state index contributed by atoms with van der Waals surface area (Å²) in [6, 6.07) is 2.05. The molecule has 0 saturated carbocycles. The molecule has 0 amide bonds. The summed E-state index contributed by atoms with van der Waals surface area (Å²) in [5.41, 5.74) is 1.37. The zero-order valence-corrected chi connectivity index (χ0v) is 12.1. The van der Waals surface area contributed by atoms with E-state index in [9.17, 15) is 0 Å². The molecule has 102 valence electrons. The van der Waals surface area contributed by atoms with Gasteiger partial charge in [-0.15, -0.1) is 6.58 Å². The molecule has 1 rings (SSSR count). The van der Waals surface area contributed by atoms with Gasteiger partial charge < -0.3 is 9.73 Å². The molecule has 0 fully saturated rings. The highest BCUT2D eigenvalue weighted by molar-refractivity contribution is 5.17. The van der Waals surface area contributed by atoms with E-state index in [0.717, 1.165) is 31.9 Å². The lowest BCUT2D eigenvalue weighted by atomic mass is 10.1. The Morgan fingerprint density at radius 1 is 1.44 bits per heavy atom. The van der Waals surface area contributed by atoms with Gasteiger partial charge in [-0.25, -0.2) is 0 Å². The van der Waals surface area contributed by atoms with Crippen LogP contribution in [0.5, 0.6) is 0 Å². The van der Waals surface area contributed by atoms with Crippen molar-refractivity contribution in [1.82, 2.24) is 10.2 Å². The first-order chi connectivity index (χ1) is 8.46. The number of furan rings is 1. The quantitative estimate of drug-likeness (QED) is 0.753. The zero-order chi connectivity index (χ0) is 13.6. The topological polar surface area (TPSA) is 28.4 Å². The van der Waals surface area contributed by atoms with E-state index in [1.807, 2.05) is 6.08 Å². The summed E-state index contributed by atoms with van der Waals surface area (Å²) in [7, 11) is 0. The number of nitrogens with one attached hydrogen (secondary N) is 1. The normalized spacial score (nSPS) is 12.1. The number of rotatable bonds is 7. The van der Waals surface area contributed by atoms with Crippen LogP contribution < -0.4 is 5.32 Å². The number of likely N-dealkylation sites (N-methyl/N-ethyl adjacent to an activating group) is 1. The third-order valence-corrected chi connectivity index (χ3v) is 2.85. The van der Waals surface area contributed by atoms with Crippen LogP contribution in [0.2, 0.25) is 0 Å². The third-order valence-electron chi connectivity index (χ3n) is 2.85. The van der Waals surface area contributed by atoms with Gasteiger partial charge in [-0.05, 0) is 33.4 Å². The largest absolute Gasteiger partial charge is 0.468 e. The van der Waals surface area contributed by atoms with Crippen LogP contribution in [0.15, 0.2) is 29.4 Å². The van der Waals surface area contributed by atoms with E-state index >= 15 is 0 Å². The maximum absolute atomic E-state index is 5.59. The van der Waals surface area contributed by atoms with Crippen molar-refractivity contribution in [3.63, 3.8) is 0 Å². The summed E-state index contributed by atoms with van der Waals surface area (Å²) in [5, 5.41) is 3.49. The van der Waals surface area contributed by atoms with Crippen molar-refractivity contribution >= 4 is 0 Å². The average Bonchev–Trinajstić information content (AvgIpc) is 2.72. The molecule has 0 aromatic carbocycles. The summed E-state index contributed by atoms with van der Waals surface area (Å²) in [5.74, 6) is 1.05. The maximum Gasteiger partial charge on any atom is 0.122 e. The van der Waals surface area contributed by atoms with Crippen LogP contribution in [0, 0.1) is 0 Å². The molecule has 1 N–H and O–H groups in total. The summed E-state index contributed by atoms with van der Waals surface area (Å²) in [6.45, 7) is 16.0. The monoisotopic (exact) mass is 250 g/mol. The first-order valence-corrected chi connectivity index (χ1v) is 6.59. The predicted octanol–water partition coefficient (Wildman–Crippen LogP) is 3.18. The van der Waals surface area contributed by atoms with E-state index in [4.69, 9.17) is 4.42 Å². The molecule has 0 aliphatic carbocycles. The lowest BCUT2D eigenvalue weighted by molar-refractivity contribution is 0.279. The number of hydrogen-bond donors (Lipinski definition) is 1. The lowest BCUT2D eigenvalue weighted by Crippen LogP contribution is -2.35. The molecule has 1 aromatic rings. The van der Waals surface area contributed by atoms with Crippen molar-refractivity contribution in [2.45, 2.75) is 46.3 Å². The van der Waals surface area contributed by atoms with Gasteiger partial charge in [-0.3, -0.25) is 4.90 Å². The highest BCUT2D eigenvalue weighted by Crippen LogP contribution is 2.14. The standard InChI is InChI=1S/C15H26N2O/c1-6-9-17(7-2)12-14-13(8-10-18-14)11-16-15(3,4)5/h6,8,10,16H,1,7,9,11-12H2,2-5H3. The predicted molar refractivity (Wildman–Crippen MR) is 76.4 cm³/mol. The molecule has 0 spiro atoms. The summed E-state index contributed by atoms with van der Waals surface area (Å²) in [4.78, 5) is 2.30. The minimum absolute atomic E-state index is 0.125. The van der Waals surface area contributed by atoms with Crippen molar-refractivity contribution in [3.8, 4) is 0 Å². The Hall–Kier alpha value is -1.06. The van der Waals surface area contributed by atoms with E-state index in [0.29, 0.717) is 0 Å². The number of nitrogens with zero attached hydrogens (tertiary/aromatic N) is 1. The van der Waals surface area contributed by atoms with Crippen molar-refractivity contribution < 1.29 is 4.42 Å². The smallest absolute Gasteiger partial charge is 0.122 e. The molecule has 18 heavy (non-hydrogen) atoms. The van der Waals surface area contributed by atoms with Gasteiger partial charge in [-0.2, -0.15) is 0 Å². The van der Waals surface area contributed by atoms with Crippen LogP contribution in [0.25, 0.3) is 0 Å². The van der Waals surface area contributed by atoms with E-state index in [2.05, 4.69) is 50.6 Å². The Morgan fingerprint density at radius 2 is 2.17 bits per heavy atom. The fourth-order valence-corrected chi connectivity index (χ4v) is 1.71. The second-order valence-corrected chi connectivity index (χ2v) is 5.59. The Labute approximate surface area is 111 Å². The molecule has 3 nitrogen and oxygen atoms in total. The minimum atomic E-state index is 0.125. The Morgan fingerprint density at radius 3 is 2.72 bits per heavy atom. The lowest BCUT2D eigenvalue weighted by Gasteiger charge is -2.21. The molecule has 0 aliphatic heterocycles. The summed E-state index contributed by atoms with van der Waals surface area (Å²) in [6.07, 6.45) is 3.70. The van der Waals surface area contributed by atoms with Gasteiger partial charge in [0.25, 0.3) is 0 Å². The first kappa shape index (κ1) is 15.0. The second-order valence-electron chi connectivity index (χ2n) is 5.59. The van der Waals surface area contributed by atoms with Crippen molar-refractivity contribution in [1.29, 1.82) is 0 Å². The maximum atomic E-state index is 5.59. The van der Waals surface area contributed by atoms with E-state index in [1.165, 1.54) is 5.56 Å². The van der Waals surface area contributed by atoms with Crippen molar-refractivity contribution in [3.05, 3.63) is 36.3 Å². The minimum Gasteiger partial charge on any atom is -0.468 e. The molecule has 0 atom stereocenters. The van der Waals surface area contributed by atoms with E-state index in [1.54, 1.807) is 6.26 Å². The van der Waals surface area contributed by atoms with Gasteiger partial charge in [0.15, 0.2) is 0 Å². The molecular formula is C15H26N2O. The van der Waals surface area contributed by atoms with E-state index < -0.39 is 0 Å². The average molecular weight is 250 g/mol. The van der Waals surface area contributed by atoms with Gasteiger partial charge in [0.1, 0.15) is 5.76 Å². The zero-order valence-electron chi connectivity index (χ0n) is 12.1. The third kappa shape index (κ3) is 5.07. The molecule has 0 saturated heterocycles. The fourth-order valence-electron chi connectivity index (χ4n) is 1.71. The number of hydrogen-bond acceptors (Lipinski definition) is 3. The Balaban J connectivity index is 2.61. The Kier molecular flexibility index (Phi) is 5.63. The van der Waals surface area contributed by atoms with E-state index in [-0.39, 0.29) is 5.54 Å². The molecule has 1 heterocycles. The molecule has 0 radical (unpaired) electrons. The molecule has 0 bridgehead atoms. The van der Waals surface area contributed by atoms with Crippen LogP contribution in [-0.2, 0) is 13.1 Å². The molecule has 0 aliphatic rings. The molecule has 0 unspecified atom stereocenters. The second kappa shape index (κ2) is 6.76. The molecule has 3 heteroatoms. The van der Waals surface area contributed by atoms with Gasteiger partial charge in [-0.1, -0.05) is 13.0 Å². The SMILES string of the molecule is C=CCN(CC)Cc1occc1CNC(C)(C)C.